The molecule has 0 bridgehead atoms. The Morgan fingerprint density at radius 2 is 2.27 bits per heavy atom. The number of rotatable bonds is 7. The van der Waals surface area contributed by atoms with E-state index in [9.17, 15) is 5.11 Å². The van der Waals surface area contributed by atoms with Gasteiger partial charge in [-0.15, -0.1) is 0 Å². The van der Waals surface area contributed by atoms with Gasteiger partial charge in [0, 0.05) is 33.4 Å². The summed E-state index contributed by atoms with van der Waals surface area (Å²) in [5, 5.41) is 13.8. The van der Waals surface area contributed by atoms with Crippen molar-refractivity contribution in [2.24, 2.45) is 7.05 Å². The van der Waals surface area contributed by atoms with E-state index in [0.717, 1.165) is 5.69 Å². The SMILES string of the molecule is COCCOCCC(O)c1ccnn1C. The Bertz CT molecular complexity index is 275. The molecule has 0 aliphatic rings. The third-order valence-electron chi connectivity index (χ3n) is 2.17. The summed E-state index contributed by atoms with van der Waals surface area (Å²) in [4.78, 5) is 0. The Hall–Kier alpha value is -0.910. The van der Waals surface area contributed by atoms with E-state index in [1.807, 2.05) is 7.05 Å². The van der Waals surface area contributed by atoms with Crippen LogP contribution in [0.25, 0.3) is 0 Å². The van der Waals surface area contributed by atoms with Crippen LogP contribution in [0.2, 0.25) is 0 Å². The van der Waals surface area contributed by atoms with Gasteiger partial charge in [0.25, 0.3) is 0 Å². The Labute approximate surface area is 89.6 Å². The zero-order chi connectivity index (χ0) is 11.1. The molecule has 15 heavy (non-hydrogen) atoms. The zero-order valence-electron chi connectivity index (χ0n) is 9.22. The van der Waals surface area contributed by atoms with E-state index in [1.165, 1.54) is 0 Å². The van der Waals surface area contributed by atoms with Gasteiger partial charge in [-0.05, 0) is 6.07 Å². The molecule has 5 nitrogen and oxygen atoms in total. The van der Waals surface area contributed by atoms with Gasteiger partial charge >= 0.3 is 0 Å². The third kappa shape index (κ3) is 3.99. The average molecular weight is 214 g/mol. The van der Waals surface area contributed by atoms with Gasteiger partial charge in [-0.25, -0.2) is 0 Å². The molecule has 0 saturated carbocycles. The van der Waals surface area contributed by atoms with Crippen molar-refractivity contribution < 1.29 is 14.6 Å². The second-order valence-electron chi connectivity index (χ2n) is 3.29. The average Bonchev–Trinajstić information content (AvgIpc) is 2.64. The van der Waals surface area contributed by atoms with Crippen molar-refractivity contribution in [1.82, 2.24) is 9.78 Å². The molecule has 1 N–H and O–H groups in total. The number of nitrogens with zero attached hydrogens (tertiary/aromatic N) is 2. The van der Waals surface area contributed by atoms with E-state index < -0.39 is 6.10 Å². The number of aromatic nitrogens is 2. The highest BCUT2D eigenvalue weighted by Crippen LogP contribution is 2.14. The van der Waals surface area contributed by atoms with Gasteiger partial charge in [0.1, 0.15) is 0 Å². The molecule has 0 aliphatic heterocycles. The van der Waals surface area contributed by atoms with Crippen molar-refractivity contribution in [2.45, 2.75) is 12.5 Å². The lowest BCUT2D eigenvalue weighted by Crippen LogP contribution is -2.10. The molecular weight excluding hydrogens is 196 g/mol. The lowest BCUT2D eigenvalue weighted by Gasteiger charge is -2.10. The van der Waals surface area contributed by atoms with Crippen molar-refractivity contribution in [3.05, 3.63) is 18.0 Å². The van der Waals surface area contributed by atoms with Crippen molar-refractivity contribution in [2.75, 3.05) is 26.9 Å². The quantitative estimate of drug-likeness (QED) is 0.672. The van der Waals surface area contributed by atoms with Crippen LogP contribution in [0.1, 0.15) is 18.2 Å². The largest absolute Gasteiger partial charge is 0.387 e. The number of hydrogen-bond acceptors (Lipinski definition) is 4. The van der Waals surface area contributed by atoms with Gasteiger partial charge < -0.3 is 14.6 Å². The Morgan fingerprint density at radius 3 is 2.87 bits per heavy atom. The molecule has 5 heteroatoms. The summed E-state index contributed by atoms with van der Waals surface area (Å²) in [7, 11) is 3.44. The molecular formula is C10H18N2O3. The topological polar surface area (TPSA) is 56.5 Å². The summed E-state index contributed by atoms with van der Waals surface area (Å²) in [6, 6.07) is 1.81. The third-order valence-corrected chi connectivity index (χ3v) is 2.17. The standard InChI is InChI=1S/C10H18N2O3/c1-12-9(3-5-11-12)10(13)4-6-15-8-7-14-2/h3,5,10,13H,4,6-8H2,1-2H3. The van der Waals surface area contributed by atoms with Crippen LogP contribution in [0.15, 0.2) is 12.3 Å². The maximum absolute atomic E-state index is 9.77. The molecule has 1 atom stereocenters. The van der Waals surface area contributed by atoms with Gasteiger partial charge in [-0.2, -0.15) is 5.10 Å². The van der Waals surface area contributed by atoms with Gasteiger partial charge in [-0.3, -0.25) is 4.68 Å². The molecule has 0 fully saturated rings. The Kier molecular flexibility index (Phi) is 5.31. The summed E-state index contributed by atoms with van der Waals surface area (Å²) in [6.07, 6.45) is 1.73. The normalized spacial score (nSPS) is 13.0. The monoisotopic (exact) mass is 214 g/mol. The first kappa shape index (κ1) is 12.2. The molecule has 1 unspecified atom stereocenters. The number of aliphatic hydroxyl groups excluding tert-OH is 1. The first-order valence-electron chi connectivity index (χ1n) is 4.98. The minimum Gasteiger partial charge on any atom is -0.387 e. The summed E-state index contributed by atoms with van der Waals surface area (Å²) in [5.74, 6) is 0. The van der Waals surface area contributed by atoms with Crippen molar-refractivity contribution >= 4 is 0 Å². The molecule has 0 spiro atoms. The van der Waals surface area contributed by atoms with E-state index in [-0.39, 0.29) is 0 Å². The first-order valence-corrected chi connectivity index (χ1v) is 4.98. The highest BCUT2D eigenvalue weighted by Gasteiger charge is 2.10. The number of aryl methyl sites for hydroxylation is 1. The highest BCUT2D eigenvalue weighted by atomic mass is 16.5. The lowest BCUT2D eigenvalue weighted by atomic mass is 10.2. The minimum absolute atomic E-state index is 0.514. The van der Waals surface area contributed by atoms with Crippen LogP contribution >= 0.6 is 0 Å². The zero-order valence-corrected chi connectivity index (χ0v) is 9.22. The lowest BCUT2D eigenvalue weighted by molar-refractivity contribution is 0.0459. The fourth-order valence-electron chi connectivity index (χ4n) is 1.30. The smallest absolute Gasteiger partial charge is 0.0978 e. The van der Waals surface area contributed by atoms with Crippen LogP contribution in [0.3, 0.4) is 0 Å². The maximum Gasteiger partial charge on any atom is 0.0978 e. The minimum atomic E-state index is -0.514. The molecule has 1 rings (SSSR count). The van der Waals surface area contributed by atoms with Crippen LogP contribution in [0.5, 0.6) is 0 Å². The fourth-order valence-corrected chi connectivity index (χ4v) is 1.30. The molecule has 0 amide bonds. The van der Waals surface area contributed by atoms with Crippen LogP contribution in [-0.2, 0) is 16.5 Å². The Balaban J connectivity index is 2.19. The second-order valence-corrected chi connectivity index (χ2v) is 3.29. The summed E-state index contributed by atoms with van der Waals surface area (Å²) >= 11 is 0. The van der Waals surface area contributed by atoms with E-state index in [1.54, 1.807) is 24.1 Å². The summed E-state index contributed by atoms with van der Waals surface area (Å²) in [5.41, 5.74) is 0.811. The molecule has 0 saturated heterocycles. The molecule has 1 heterocycles. The van der Waals surface area contributed by atoms with Crippen LogP contribution in [-0.4, -0.2) is 41.8 Å². The van der Waals surface area contributed by atoms with Crippen molar-refractivity contribution in [3.63, 3.8) is 0 Å². The first-order chi connectivity index (χ1) is 7.25. The fraction of sp³-hybridized carbons (Fsp3) is 0.700. The van der Waals surface area contributed by atoms with Crippen LogP contribution in [0.4, 0.5) is 0 Å². The van der Waals surface area contributed by atoms with Gasteiger partial charge in [0.15, 0.2) is 0 Å². The van der Waals surface area contributed by atoms with Gasteiger partial charge in [0.05, 0.1) is 25.0 Å². The van der Waals surface area contributed by atoms with E-state index in [4.69, 9.17) is 9.47 Å². The highest BCUT2D eigenvalue weighted by molar-refractivity contribution is 5.03. The van der Waals surface area contributed by atoms with Crippen molar-refractivity contribution in [1.29, 1.82) is 0 Å². The predicted molar refractivity (Wildman–Crippen MR) is 55.5 cm³/mol. The van der Waals surface area contributed by atoms with Crippen molar-refractivity contribution in [3.8, 4) is 0 Å². The molecule has 0 aliphatic carbocycles. The number of methoxy groups -OCH3 is 1. The molecule has 1 aromatic heterocycles. The van der Waals surface area contributed by atoms with E-state index >= 15 is 0 Å². The van der Waals surface area contributed by atoms with E-state index in [2.05, 4.69) is 5.10 Å². The molecule has 0 aromatic carbocycles. The molecule has 0 radical (unpaired) electrons. The number of hydrogen-bond donors (Lipinski definition) is 1. The summed E-state index contributed by atoms with van der Waals surface area (Å²) in [6.45, 7) is 1.67. The second kappa shape index (κ2) is 6.55. The van der Waals surface area contributed by atoms with Crippen LogP contribution < -0.4 is 0 Å². The Morgan fingerprint density at radius 1 is 1.47 bits per heavy atom. The maximum atomic E-state index is 9.77. The van der Waals surface area contributed by atoms with Gasteiger partial charge in [-0.1, -0.05) is 0 Å². The van der Waals surface area contributed by atoms with Crippen LogP contribution in [0, 0.1) is 0 Å². The molecule has 1 aromatic rings. The predicted octanol–water partition coefficient (Wildman–Crippen LogP) is 0.507. The number of aliphatic hydroxyl groups is 1. The van der Waals surface area contributed by atoms with Gasteiger partial charge in [0.2, 0.25) is 0 Å². The number of ether oxygens (including phenoxy) is 2. The molecule has 86 valence electrons. The van der Waals surface area contributed by atoms with E-state index in [0.29, 0.717) is 26.2 Å². The summed E-state index contributed by atoms with van der Waals surface area (Å²) < 4.78 is 11.8.